The van der Waals surface area contributed by atoms with Gasteiger partial charge in [0.05, 0.1) is 29.4 Å². The number of nitrogens with one attached hydrogen (secondary N) is 1. The summed E-state index contributed by atoms with van der Waals surface area (Å²) in [7, 11) is 1.53. The lowest BCUT2D eigenvalue weighted by molar-refractivity contribution is -0.139. The van der Waals surface area contributed by atoms with Crippen molar-refractivity contribution in [3.63, 3.8) is 0 Å². The largest absolute Gasteiger partial charge is 0.488 e. The van der Waals surface area contributed by atoms with Crippen molar-refractivity contribution in [1.29, 1.82) is 0 Å². The Morgan fingerprint density at radius 2 is 1.78 bits per heavy atom. The molecule has 0 saturated carbocycles. The number of thiazole rings is 1. The molecule has 2 aromatic carbocycles. The van der Waals surface area contributed by atoms with Crippen molar-refractivity contribution < 1.29 is 37.3 Å². The predicted molar refractivity (Wildman–Crippen MR) is 132 cm³/mol. The van der Waals surface area contributed by atoms with Gasteiger partial charge in [0, 0.05) is 36.9 Å². The van der Waals surface area contributed by atoms with E-state index in [-0.39, 0.29) is 34.9 Å². The molecule has 1 heterocycles. The lowest BCUT2D eigenvalue weighted by Crippen LogP contribution is -2.18. The number of carbonyl (C=O) groups is 2. The van der Waals surface area contributed by atoms with Gasteiger partial charge >= 0.3 is 5.97 Å². The maximum Gasteiger partial charge on any atom is 0.316 e. The molecule has 0 spiro atoms. The Hall–Kier alpha value is -3.22. The van der Waals surface area contributed by atoms with Crippen molar-refractivity contribution in [3.8, 4) is 17.2 Å². The molecule has 0 unspecified atom stereocenters. The van der Waals surface area contributed by atoms with Crippen molar-refractivity contribution in [1.82, 2.24) is 4.98 Å². The molecular weight excluding hydrogens is 514 g/mol. The molecule has 36 heavy (non-hydrogen) atoms. The van der Waals surface area contributed by atoms with E-state index in [0.29, 0.717) is 24.1 Å². The van der Waals surface area contributed by atoms with Gasteiger partial charge in [0.2, 0.25) is 0 Å². The normalized spacial score (nSPS) is 11.6. The van der Waals surface area contributed by atoms with Gasteiger partial charge in [-0.15, -0.1) is 11.8 Å². The Balaban J connectivity index is 1.78. The molecule has 0 aliphatic rings. The number of methoxy groups -OCH3 is 1. The first-order valence-corrected chi connectivity index (χ1v) is 12.6. The van der Waals surface area contributed by atoms with Crippen molar-refractivity contribution in [2.75, 3.05) is 31.4 Å². The minimum atomic E-state index is -0.801. The molecule has 0 aliphatic heterocycles. The van der Waals surface area contributed by atoms with Gasteiger partial charge in [-0.05, 0) is 26.0 Å². The minimum absolute atomic E-state index is 0.0795. The molecule has 1 N–H and O–H groups in total. The Labute approximate surface area is 214 Å². The molecule has 0 aliphatic carbocycles. The van der Waals surface area contributed by atoms with E-state index in [1.54, 1.807) is 20.0 Å². The van der Waals surface area contributed by atoms with Crippen molar-refractivity contribution in [2.24, 2.45) is 0 Å². The van der Waals surface area contributed by atoms with Crippen molar-refractivity contribution in [2.45, 2.75) is 24.2 Å². The summed E-state index contributed by atoms with van der Waals surface area (Å²) in [5.41, 5.74) is 0.167. The van der Waals surface area contributed by atoms with E-state index in [4.69, 9.17) is 18.9 Å². The topological polar surface area (TPSA) is 96.0 Å². The van der Waals surface area contributed by atoms with Gasteiger partial charge in [0.25, 0.3) is 5.91 Å². The van der Waals surface area contributed by atoms with E-state index in [0.717, 1.165) is 22.4 Å². The smallest absolute Gasteiger partial charge is 0.316 e. The summed E-state index contributed by atoms with van der Waals surface area (Å²) >= 11 is 2.45. The van der Waals surface area contributed by atoms with Crippen LogP contribution in [0.2, 0.25) is 0 Å². The Bertz CT molecular complexity index is 1190. The second kappa shape index (κ2) is 13.2. The molecule has 0 saturated heterocycles. The average Bonchev–Trinajstić information content (AvgIpc) is 3.24. The quantitative estimate of drug-likeness (QED) is 0.237. The summed E-state index contributed by atoms with van der Waals surface area (Å²) in [6, 6.07) is 7.19. The fourth-order valence-corrected chi connectivity index (χ4v) is 4.61. The predicted octanol–water partition coefficient (Wildman–Crippen LogP) is 5.53. The number of hydrogen-bond acceptors (Lipinski definition) is 9. The highest BCUT2D eigenvalue weighted by Crippen LogP contribution is 2.31. The highest BCUT2D eigenvalue weighted by Gasteiger charge is 2.16. The summed E-state index contributed by atoms with van der Waals surface area (Å²) in [6.45, 7) is 4.11. The molecule has 0 radical (unpaired) electrons. The highest BCUT2D eigenvalue weighted by molar-refractivity contribution is 8.01. The maximum atomic E-state index is 13.6. The van der Waals surface area contributed by atoms with E-state index < -0.39 is 17.5 Å². The molecule has 192 valence electrons. The molecule has 1 aromatic heterocycles. The standard InChI is InChI=1S/C24H24F2N2O6S2/c1-4-32-21(29)13-35-22-11-27-24(36-22)28-23(30)15-5-18(33-14(2)12-31-3)10-19(6-15)34-20-8-16(25)7-17(26)9-20/h5-11,14H,4,12-13H2,1-3H3,(H,27,28,30)/t14-/m0/s1. The van der Waals surface area contributed by atoms with E-state index >= 15 is 0 Å². The number of rotatable bonds is 12. The van der Waals surface area contributed by atoms with Gasteiger partial charge in [-0.1, -0.05) is 11.3 Å². The van der Waals surface area contributed by atoms with Crippen LogP contribution in [0.1, 0.15) is 24.2 Å². The third-order valence-corrected chi connectivity index (χ3v) is 6.38. The monoisotopic (exact) mass is 538 g/mol. The van der Waals surface area contributed by atoms with Crippen LogP contribution in [0.3, 0.4) is 0 Å². The molecule has 12 heteroatoms. The van der Waals surface area contributed by atoms with Crippen molar-refractivity contribution >= 4 is 40.1 Å². The van der Waals surface area contributed by atoms with Crippen LogP contribution >= 0.6 is 23.1 Å². The molecule has 0 fully saturated rings. The maximum absolute atomic E-state index is 13.6. The first kappa shape index (κ1) is 27.4. The molecule has 8 nitrogen and oxygen atoms in total. The number of halogens is 2. The third kappa shape index (κ3) is 8.47. The van der Waals surface area contributed by atoms with Gasteiger partial charge in [-0.25, -0.2) is 13.8 Å². The Kier molecular flexibility index (Phi) is 10.0. The van der Waals surface area contributed by atoms with Crippen LogP contribution in [0.4, 0.5) is 13.9 Å². The van der Waals surface area contributed by atoms with Crippen molar-refractivity contribution in [3.05, 3.63) is 59.8 Å². The summed E-state index contributed by atoms with van der Waals surface area (Å²) in [6.07, 6.45) is 1.20. The fraction of sp³-hybridized carbons (Fsp3) is 0.292. The first-order valence-electron chi connectivity index (χ1n) is 10.8. The molecule has 3 rings (SSSR count). The Morgan fingerprint density at radius 3 is 2.47 bits per heavy atom. The molecular formula is C24H24F2N2O6S2. The first-order chi connectivity index (χ1) is 17.2. The number of benzene rings is 2. The van der Waals surface area contributed by atoms with E-state index in [2.05, 4.69) is 10.3 Å². The lowest BCUT2D eigenvalue weighted by Gasteiger charge is -2.16. The fourth-order valence-electron chi connectivity index (χ4n) is 2.94. The van der Waals surface area contributed by atoms with Crippen LogP contribution in [0, 0.1) is 11.6 Å². The number of thioether (sulfide) groups is 1. The van der Waals surface area contributed by atoms with Gasteiger partial charge < -0.3 is 18.9 Å². The van der Waals surface area contributed by atoms with Crippen LogP contribution in [0.15, 0.2) is 46.8 Å². The second-order valence-corrected chi connectivity index (χ2v) is 9.62. The number of nitrogens with zero attached hydrogens (tertiary/aromatic N) is 1. The van der Waals surface area contributed by atoms with E-state index in [1.807, 2.05) is 0 Å². The zero-order valence-corrected chi connectivity index (χ0v) is 21.3. The summed E-state index contributed by atoms with van der Waals surface area (Å²) in [5.74, 6) is -1.97. The summed E-state index contributed by atoms with van der Waals surface area (Å²) in [4.78, 5) is 28.7. The molecule has 1 amide bonds. The summed E-state index contributed by atoms with van der Waals surface area (Å²) < 4.78 is 49.3. The second-order valence-electron chi connectivity index (χ2n) is 7.32. The van der Waals surface area contributed by atoms with Crippen LogP contribution < -0.4 is 14.8 Å². The van der Waals surface area contributed by atoms with E-state index in [1.165, 1.54) is 48.4 Å². The van der Waals surface area contributed by atoms with Crippen LogP contribution in [0.5, 0.6) is 17.2 Å². The lowest BCUT2D eigenvalue weighted by atomic mass is 10.2. The van der Waals surface area contributed by atoms with Gasteiger partial charge in [-0.2, -0.15) is 0 Å². The molecule has 0 bridgehead atoms. The zero-order valence-electron chi connectivity index (χ0n) is 19.7. The number of anilines is 1. The number of hydrogen-bond donors (Lipinski definition) is 1. The average molecular weight is 539 g/mol. The van der Waals surface area contributed by atoms with E-state index in [9.17, 15) is 18.4 Å². The third-order valence-electron chi connectivity index (χ3n) is 4.30. The van der Waals surface area contributed by atoms with Crippen LogP contribution in [-0.4, -0.2) is 49.0 Å². The van der Waals surface area contributed by atoms with Crippen LogP contribution in [0.25, 0.3) is 0 Å². The number of carbonyl (C=O) groups excluding carboxylic acids is 2. The Morgan fingerprint density at radius 1 is 1.08 bits per heavy atom. The minimum Gasteiger partial charge on any atom is -0.488 e. The number of esters is 1. The number of ether oxygens (including phenoxy) is 4. The summed E-state index contributed by atoms with van der Waals surface area (Å²) in [5, 5.41) is 3.01. The number of aromatic nitrogens is 1. The SMILES string of the molecule is CCOC(=O)CSc1cnc(NC(=O)c2cc(Oc3cc(F)cc(F)c3)cc(O[C@@H](C)COC)c2)s1. The molecule has 1 atom stereocenters. The highest BCUT2D eigenvalue weighted by atomic mass is 32.2. The van der Waals surface area contributed by atoms with Crippen LogP contribution in [-0.2, 0) is 14.3 Å². The van der Waals surface area contributed by atoms with Gasteiger partial charge in [0.15, 0.2) is 5.13 Å². The molecule has 3 aromatic rings. The number of amides is 1. The van der Waals surface area contributed by atoms with Gasteiger partial charge in [0.1, 0.15) is 35.0 Å². The zero-order chi connectivity index (χ0) is 26.1. The van der Waals surface area contributed by atoms with Gasteiger partial charge in [-0.3, -0.25) is 14.9 Å².